The maximum absolute atomic E-state index is 12.6. The van der Waals surface area contributed by atoms with Crippen molar-refractivity contribution in [2.24, 2.45) is 0 Å². The van der Waals surface area contributed by atoms with Gasteiger partial charge in [0.1, 0.15) is 11.3 Å². The fourth-order valence-corrected chi connectivity index (χ4v) is 2.46. The molecule has 2 atom stereocenters. The van der Waals surface area contributed by atoms with Crippen molar-refractivity contribution in [3.05, 3.63) is 36.0 Å². The van der Waals surface area contributed by atoms with E-state index >= 15 is 0 Å². The summed E-state index contributed by atoms with van der Waals surface area (Å²) in [6.45, 7) is 3.38. The van der Waals surface area contributed by atoms with Crippen LogP contribution in [-0.4, -0.2) is 35.1 Å². The molecule has 0 spiro atoms. The van der Waals surface area contributed by atoms with Crippen molar-refractivity contribution in [2.45, 2.75) is 24.3 Å². The first-order chi connectivity index (χ1) is 12.2. The highest BCUT2D eigenvalue weighted by Gasteiger charge is 2.36. The van der Waals surface area contributed by atoms with Gasteiger partial charge in [-0.1, -0.05) is 11.8 Å². The van der Waals surface area contributed by atoms with E-state index in [4.69, 9.17) is 22.3 Å². The molecule has 0 bridgehead atoms. The fourth-order valence-electron chi connectivity index (χ4n) is 2.30. The van der Waals surface area contributed by atoms with Gasteiger partial charge in [0.25, 0.3) is 5.91 Å². The summed E-state index contributed by atoms with van der Waals surface area (Å²) in [6.07, 6.45) is 12.5. The molecule has 2 unspecified atom stereocenters. The van der Waals surface area contributed by atoms with E-state index in [1.54, 1.807) is 31.3 Å². The quantitative estimate of drug-likeness (QED) is 0.467. The van der Waals surface area contributed by atoms with E-state index in [-0.39, 0.29) is 6.61 Å². The predicted octanol–water partition coefficient (Wildman–Crippen LogP) is 2.40. The summed E-state index contributed by atoms with van der Waals surface area (Å²) < 4.78 is 10.8. The molecule has 2 rings (SSSR count). The number of rotatable bonds is 6. The summed E-state index contributed by atoms with van der Waals surface area (Å²) >= 11 is 4.35. The lowest BCUT2D eigenvalue weighted by Crippen LogP contribution is -2.55. The van der Waals surface area contributed by atoms with Crippen LogP contribution in [0.4, 0.5) is 0 Å². The Kier molecular flexibility index (Phi) is 5.82. The topological polar surface area (TPSA) is 60.5 Å². The number of nitrogens with zero attached hydrogens (tertiary/aromatic N) is 1. The molecule has 0 aliphatic rings. The van der Waals surface area contributed by atoms with Crippen molar-refractivity contribution < 1.29 is 14.3 Å². The van der Waals surface area contributed by atoms with E-state index in [1.165, 1.54) is 14.0 Å². The largest absolute Gasteiger partial charge is 0.468 e. The lowest BCUT2D eigenvalue weighted by molar-refractivity contribution is -0.130. The second-order valence-electron chi connectivity index (χ2n) is 6.17. The van der Waals surface area contributed by atoms with Crippen LogP contribution in [-0.2, 0) is 9.53 Å². The molecule has 1 aromatic carbocycles. The third kappa shape index (κ3) is 4.49. The van der Waals surface area contributed by atoms with Crippen LogP contribution in [0.5, 0.6) is 5.75 Å². The number of ether oxygens (including phenoxy) is 2. The molecule has 0 radical (unpaired) electrons. The fraction of sp³-hybridized carbons (Fsp3) is 0.300. The normalized spacial score (nSPS) is 15.2. The van der Waals surface area contributed by atoms with Crippen LogP contribution in [0.25, 0.3) is 10.9 Å². The predicted molar refractivity (Wildman–Crippen MR) is 105 cm³/mol. The summed E-state index contributed by atoms with van der Waals surface area (Å²) in [4.78, 5) is 15.4. The molecule has 5 nitrogen and oxygen atoms in total. The third-order valence-electron chi connectivity index (χ3n) is 3.70. The molecule has 2 aromatic rings. The van der Waals surface area contributed by atoms with E-state index in [9.17, 15) is 4.79 Å². The number of carbonyl (C=O) groups is 1. The van der Waals surface area contributed by atoms with E-state index in [2.05, 4.69) is 34.8 Å². The highest BCUT2D eigenvalue weighted by Crippen LogP contribution is 2.26. The number of pyridine rings is 1. The molecular formula is C20H20N2O3S. The van der Waals surface area contributed by atoms with E-state index in [0.717, 1.165) is 10.9 Å². The number of terminal acetylenes is 2. The second kappa shape index (κ2) is 7.70. The third-order valence-corrected chi connectivity index (χ3v) is 3.99. The van der Waals surface area contributed by atoms with Crippen LogP contribution in [0.3, 0.4) is 0 Å². The Morgan fingerprint density at radius 2 is 2.08 bits per heavy atom. The average Bonchev–Trinajstić information content (AvgIpc) is 2.60. The number of fused-ring (bicyclic) bond motifs is 1. The zero-order valence-corrected chi connectivity index (χ0v) is 15.8. The molecule has 6 heteroatoms. The monoisotopic (exact) mass is 368 g/mol. The number of nitrogens with one attached hydrogen (secondary N) is 1. The second-order valence-corrected chi connectivity index (χ2v) is 7.02. The summed E-state index contributed by atoms with van der Waals surface area (Å²) in [5, 5.41) is 3.52. The molecule has 0 aliphatic heterocycles. The van der Waals surface area contributed by atoms with E-state index in [1.807, 2.05) is 6.07 Å². The standard InChI is InChI=1S/C20H20N2O3S/c1-6-14-10-15-11-16(8-9-17(15)21-12-14)25-20(4,26)18(23)22-19(3,7-2)13-24-5/h1-2,8-12,26H,13H2,3-5H3,(H,22,23). The Balaban J connectivity index is 2.22. The number of aromatic nitrogens is 1. The van der Waals surface area contributed by atoms with Crippen LogP contribution in [0.15, 0.2) is 30.5 Å². The average molecular weight is 368 g/mol. The summed E-state index contributed by atoms with van der Waals surface area (Å²) in [5.74, 6) is 5.02. The van der Waals surface area contributed by atoms with Gasteiger partial charge < -0.3 is 14.8 Å². The Morgan fingerprint density at radius 1 is 1.35 bits per heavy atom. The van der Waals surface area contributed by atoms with Crippen molar-refractivity contribution >= 4 is 29.4 Å². The van der Waals surface area contributed by atoms with Crippen molar-refractivity contribution in [3.63, 3.8) is 0 Å². The number of hydrogen-bond acceptors (Lipinski definition) is 5. The molecule has 0 saturated carbocycles. The highest BCUT2D eigenvalue weighted by molar-refractivity contribution is 7.82. The first-order valence-electron chi connectivity index (χ1n) is 7.80. The minimum absolute atomic E-state index is 0.162. The minimum atomic E-state index is -1.45. The van der Waals surface area contributed by atoms with Crippen LogP contribution < -0.4 is 10.1 Å². The molecule has 26 heavy (non-hydrogen) atoms. The van der Waals surface area contributed by atoms with Gasteiger partial charge in [-0.15, -0.1) is 25.5 Å². The van der Waals surface area contributed by atoms with Crippen molar-refractivity contribution in [2.75, 3.05) is 13.7 Å². The first kappa shape index (κ1) is 19.7. The molecule has 0 saturated heterocycles. The van der Waals surface area contributed by atoms with Crippen LogP contribution in [0.2, 0.25) is 0 Å². The molecule has 1 heterocycles. The smallest absolute Gasteiger partial charge is 0.275 e. The van der Waals surface area contributed by atoms with Gasteiger partial charge in [-0.3, -0.25) is 9.78 Å². The Morgan fingerprint density at radius 3 is 2.69 bits per heavy atom. The van der Waals surface area contributed by atoms with Gasteiger partial charge in [0.15, 0.2) is 0 Å². The molecule has 1 aromatic heterocycles. The van der Waals surface area contributed by atoms with Crippen molar-refractivity contribution in [3.8, 4) is 30.4 Å². The highest BCUT2D eigenvalue weighted by atomic mass is 32.1. The lowest BCUT2D eigenvalue weighted by atomic mass is 10.0. The zero-order valence-electron chi connectivity index (χ0n) is 14.9. The number of thiol groups is 1. The van der Waals surface area contributed by atoms with E-state index < -0.39 is 16.4 Å². The van der Waals surface area contributed by atoms with Crippen LogP contribution >= 0.6 is 12.6 Å². The molecule has 1 amide bonds. The summed E-state index contributed by atoms with van der Waals surface area (Å²) in [6, 6.07) is 7.06. The molecule has 1 N–H and O–H groups in total. The van der Waals surface area contributed by atoms with E-state index in [0.29, 0.717) is 11.3 Å². The number of amides is 1. The molecule has 0 fully saturated rings. The SMILES string of the molecule is C#Cc1cnc2ccc(OC(C)(S)C(=O)NC(C)(C#C)COC)cc2c1. The van der Waals surface area contributed by atoms with Gasteiger partial charge in [-0.2, -0.15) is 0 Å². The maximum Gasteiger partial charge on any atom is 0.275 e. The first-order valence-corrected chi connectivity index (χ1v) is 8.25. The Labute approximate surface area is 158 Å². The molecule has 134 valence electrons. The van der Waals surface area contributed by atoms with Gasteiger partial charge in [0.05, 0.1) is 12.1 Å². The van der Waals surface area contributed by atoms with Crippen molar-refractivity contribution in [1.29, 1.82) is 0 Å². The van der Waals surface area contributed by atoms with Gasteiger partial charge in [0.2, 0.25) is 4.93 Å². The van der Waals surface area contributed by atoms with Crippen LogP contribution in [0, 0.1) is 24.7 Å². The lowest BCUT2D eigenvalue weighted by Gasteiger charge is -2.30. The number of carbonyl (C=O) groups excluding carboxylic acids is 1. The number of methoxy groups -OCH3 is 1. The summed E-state index contributed by atoms with van der Waals surface area (Å²) in [5.41, 5.74) is 0.459. The molecule has 0 aliphatic carbocycles. The maximum atomic E-state index is 12.6. The zero-order chi connectivity index (χ0) is 19.4. The van der Waals surface area contributed by atoms with Gasteiger partial charge in [0, 0.05) is 24.3 Å². The summed E-state index contributed by atoms with van der Waals surface area (Å²) in [7, 11) is 1.51. The Hall–Kier alpha value is -2.67. The van der Waals surface area contributed by atoms with Gasteiger partial charge >= 0.3 is 0 Å². The minimum Gasteiger partial charge on any atom is -0.468 e. The van der Waals surface area contributed by atoms with Crippen LogP contribution in [0.1, 0.15) is 19.4 Å². The van der Waals surface area contributed by atoms with Crippen molar-refractivity contribution in [1.82, 2.24) is 10.3 Å². The number of benzene rings is 1. The van der Waals surface area contributed by atoms with Gasteiger partial charge in [-0.25, -0.2) is 0 Å². The molecular weight excluding hydrogens is 348 g/mol. The van der Waals surface area contributed by atoms with Gasteiger partial charge in [-0.05, 0) is 38.1 Å². The Bertz CT molecular complexity index is 911. The number of hydrogen-bond donors (Lipinski definition) is 2.